The normalized spacial score (nSPS) is 16.6. The number of rotatable bonds is 56. The highest BCUT2D eigenvalue weighted by atomic mass is 16.6. The summed E-state index contributed by atoms with van der Waals surface area (Å²) in [5.74, 6) is -2.83. The predicted octanol–water partition coefficient (Wildman–Crippen LogP) is 20.9. The maximum Gasteiger partial charge on any atom is 0.349 e. The Hall–Kier alpha value is -9.76. The molecule has 0 radical (unpaired) electrons. The first-order valence-electron chi connectivity index (χ1n) is 48.9. The number of ether oxygens (including phenoxy) is 16. The molecule has 0 aromatic carbocycles. The lowest BCUT2D eigenvalue weighted by molar-refractivity contribution is -0.140. The van der Waals surface area contributed by atoms with Crippen LogP contribution in [0.3, 0.4) is 0 Å². The fourth-order valence-electron chi connectivity index (χ4n) is 15.1. The van der Waals surface area contributed by atoms with E-state index in [9.17, 15) is 55.1 Å². The summed E-state index contributed by atoms with van der Waals surface area (Å²) < 4.78 is 81.4. The van der Waals surface area contributed by atoms with Gasteiger partial charge in [0.15, 0.2) is 0 Å². The number of hydrogen-bond acceptors (Lipinski definition) is 28. The summed E-state index contributed by atoms with van der Waals surface area (Å²) in [4.78, 5) is 72.0. The van der Waals surface area contributed by atoms with Gasteiger partial charge in [-0.3, -0.25) is 0 Å². The van der Waals surface area contributed by atoms with Gasteiger partial charge in [-0.15, -0.1) is 0 Å². The van der Waals surface area contributed by atoms with Crippen LogP contribution < -0.4 is 0 Å². The van der Waals surface area contributed by atoms with E-state index in [-0.39, 0.29) is 65.8 Å². The van der Waals surface area contributed by atoms with Crippen molar-refractivity contribution in [2.45, 2.75) is 286 Å². The van der Waals surface area contributed by atoms with E-state index in [0.717, 1.165) is 304 Å². The number of carbonyl (C=O) groups excluding carboxylic acids is 6. The molecule has 750 valence electrons. The van der Waals surface area contributed by atoms with Crippen LogP contribution in [0, 0.1) is 73.9 Å². The topological polar surface area (TPSA) is 393 Å². The number of allylic oxidation sites excluding steroid dienone is 18. The quantitative estimate of drug-likeness (QED) is 0.0179. The molecule has 0 fully saturated rings. The summed E-state index contributed by atoms with van der Waals surface area (Å²) in [5.41, 5.74) is 13.7. The van der Waals surface area contributed by atoms with Crippen LogP contribution in [0.1, 0.15) is 286 Å². The molecule has 6 aliphatic rings. The van der Waals surface area contributed by atoms with Crippen LogP contribution in [0.15, 0.2) is 137 Å². The van der Waals surface area contributed by atoms with Crippen molar-refractivity contribution in [1.29, 1.82) is 31.6 Å². The fraction of sp³-hybridized carbons (Fsp3) is 0.664. The summed E-state index contributed by atoms with van der Waals surface area (Å²) in [5, 5.41) is 55.7. The minimum Gasteiger partial charge on any atom is -0.462 e. The Kier molecular flexibility index (Phi) is 76.3. The number of esters is 6. The van der Waals surface area contributed by atoms with E-state index in [2.05, 4.69) is 0 Å². The Labute approximate surface area is 807 Å². The van der Waals surface area contributed by atoms with Crippen LogP contribution in [0.2, 0.25) is 0 Å². The van der Waals surface area contributed by atoms with Crippen molar-refractivity contribution in [3.8, 4) is 36.4 Å². The van der Waals surface area contributed by atoms with Crippen molar-refractivity contribution >= 4 is 35.8 Å². The Morgan fingerprint density at radius 3 is 0.652 bits per heavy atom. The van der Waals surface area contributed by atoms with Crippen molar-refractivity contribution in [2.75, 3.05) is 175 Å². The molecular formula is C107H160N6O22. The van der Waals surface area contributed by atoms with E-state index in [1.165, 1.54) is 33.4 Å². The van der Waals surface area contributed by atoms with Gasteiger partial charge in [-0.2, -0.15) is 31.6 Å². The third-order valence-corrected chi connectivity index (χ3v) is 22.1. The Bertz CT molecular complexity index is 3950. The van der Waals surface area contributed by atoms with Gasteiger partial charge in [0.25, 0.3) is 0 Å². The number of methoxy groups -OCH3 is 7. The molecule has 0 spiro atoms. The van der Waals surface area contributed by atoms with Crippen LogP contribution in [0.25, 0.3) is 0 Å². The number of nitrogens with zero attached hydrogens (tertiary/aromatic N) is 6. The smallest absolute Gasteiger partial charge is 0.349 e. The first-order valence-corrected chi connectivity index (χ1v) is 48.9. The lowest BCUT2D eigenvalue weighted by atomic mass is 9.90. The minimum absolute atomic E-state index is 0.135. The van der Waals surface area contributed by atoms with Gasteiger partial charge < -0.3 is 75.8 Å². The second kappa shape index (κ2) is 83.6. The highest BCUT2D eigenvalue weighted by Crippen LogP contribution is 2.35. The SMILES string of the molecule is CCOC(=O)/C(C#N)=C1\C=C(CCCCOC)CCC1.CCOCCCOC(=O)/C(C#N)=C1\C=C(CCCCOC)CCC1.CCOCCOC(=O)/C(C#N)=C1\C=C(CCCCOC)CCC1.CCOCCOC(=O)/C(C#N)=C1\C=C(CCCCOC)CCC1.COCCCCC1=C/C(=C(/C#N)C(=O)OCC(C)C)CCC1.COCCCCC1=C/C(=C(/C#N)C(=O)OCCCOC)CCC1. The third kappa shape index (κ3) is 57.8. The lowest BCUT2D eigenvalue weighted by Gasteiger charge is -2.16. The van der Waals surface area contributed by atoms with Gasteiger partial charge in [-0.1, -0.05) is 83.7 Å². The summed E-state index contributed by atoms with van der Waals surface area (Å²) in [6.45, 7) is 21.2. The van der Waals surface area contributed by atoms with Crippen LogP contribution in [0.5, 0.6) is 0 Å². The Balaban J connectivity index is 0.000000811. The van der Waals surface area contributed by atoms with Crippen molar-refractivity contribution < 1.29 is 105 Å². The van der Waals surface area contributed by atoms with E-state index >= 15 is 0 Å². The van der Waals surface area contributed by atoms with Gasteiger partial charge in [0, 0.05) is 135 Å². The minimum atomic E-state index is -0.543. The van der Waals surface area contributed by atoms with Crippen LogP contribution in [0.4, 0.5) is 0 Å². The molecule has 0 heterocycles. The lowest BCUT2D eigenvalue weighted by Crippen LogP contribution is -2.14. The molecule has 0 aromatic rings. The summed E-state index contributed by atoms with van der Waals surface area (Å²) in [7, 11) is 11.8. The summed E-state index contributed by atoms with van der Waals surface area (Å²) in [6, 6.07) is 12.1. The molecule has 0 bridgehead atoms. The molecule has 135 heavy (non-hydrogen) atoms. The van der Waals surface area contributed by atoms with E-state index in [1.807, 2.05) is 107 Å². The fourth-order valence-corrected chi connectivity index (χ4v) is 15.1. The average Bonchev–Trinajstić information content (AvgIpc) is 0.894. The molecule has 6 aliphatic carbocycles. The van der Waals surface area contributed by atoms with Crippen LogP contribution in [-0.4, -0.2) is 211 Å². The van der Waals surface area contributed by atoms with E-state index < -0.39 is 35.8 Å². The third-order valence-electron chi connectivity index (χ3n) is 22.1. The molecule has 0 amide bonds. The maximum atomic E-state index is 12.1. The zero-order valence-corrected chi connectivity index (χ0v) is 84.0. The van der Waals surface area contributed by atoms with E-state index in [1.54, 1.807) is 56.7 Å². The molecule has 0 aromatic heterocycles. The van der Waals surface area contributed by atoms with Gasteiger partial charge in [0.05, 0.1) is 39.6 Å². The van der Waals surface area contributed by atoms with E-state index in [0.29, 0.717) is 72.3 Å². The molecular weight excluding hydrogens is 1720 g/mol. The Morgan fingerprint density at radius 2 is 0.444 bits per heavy atom. The molecule has 0 saturated carbocycles. The van der Waals surface area contributed by atoms with Gasteiger partial charge in [0.2, 0.25) is 0 Å². The van der Waals surface area contributed by atoms with Gasteiger partial charge in [0.1, 0.15) is 83.1 Å². The van der Waals surface area contributed by atoms with Crippen LogP contribution in [-0.2, 0) is 105 Å². The average molecular weight is 1880 g/mol. The molecule has 0 N–H and O–H groups in total. The maximum absolute atomic E-state index is 12.1. The van der Waals surface area contributed by atoms with Crippen LogP contribution >= 0.6 is 0 Å². The molecule has 6 rings (SSSR count). The largest absolute Gasteiger partial charge is 0.462 e. The van der Waals surface area contributed by atoms with E-state index in [4.69, 9.17) is 81.1 Å². The number of unbranched alkanes of at least 4 members (excludes halogenated alkanes) is 6. The summed E-state index contributed by atoms with van der Waals surface area (Å²) >= 11 is 0. The van der Waals surface area contributed by atoms with Crippen molar-refractivity contribution in [1.82, 2.24) is 0 Å². The Morgan fingerprint density at radius 1 is 0.244 bits per heavy atom. The standard InChI is InChI=1S/C19H29NO4.3C18H27NO4.C18H27NO3.C16H23NO3/c1-3-23-12-7-13-24-19(21)18(15-20)17-10-6-9-16(14-17)8-4-5-11-22-2;1-21-10-4-3-7-15-8-5-9-16(13-15)17(14-19)18(20)23-12-6-11-22-2;2*1-3-22-11-12-23-18(20)17(14-19)16-9-6-8-15(13-16)7-4-5-10-21-2;1-14(2)13-22-18(20)17(12-19)16-9-6-8-15(11-16)7-4-5-10-21-3;1-3-20-16(18)15(12-17)14-9-6-8-13(11-14)7-4-5-10-19-2/h14H,3-13H2,1-2H3;3*13H,3-12H2,1-2H3;11,14H,4-10,13H2,1-3H3;11H,3-10H2,1-2H3/b18-17-;4*17-16-;15-14-. The van der Waals surface area contributed by atoms with Crippen molar-refractivity contribution in [3.05, 3.63) is 137 Å². The molecule has 0 aliphatic heterocycles. The molecule has 0 atom stereocenters. The zero-order valence-electron chi connectivity index (χ0n) is 84.0. The molecule has 28 heteroatoms. The molecule has 0 unspecified atom stereocenters. The monoisotopic (exact) mass is 1880 g/mol. The predicted molar refractivity (Wildman–Crippen MR) is 519 cm³/mol. The number of nitriles is 6. The summed E-state index contributed by atoms with van der Waals surface area (Å²) in [6.07, 6.45) is 48.7. The van der Waals surface area contributed by atoms with Gasteiger partial charge >= 0.3 is 35.8 Å². The second-order valence-corrected chi connectivity index (χ2v) is 33.3. The first kappa shape index (κ1) is 123. The van der Waals surface area contributed by atoms with Gasteiger partial charge in [-0.25, -0.2) is 28.8 Å². The van der Waals surface area contributed by atoms with Crippen molar-refractivity contribution in [2.24, 2.45) is 5.92 Å². The molecule has 0 saturated heterocycles. The highest BCUT2D eigenvalue weighted by molar-refractivity contribution is 5.97. The first-order chi connectivity index (χ1) is 65.7. The molecule has 28 nitrogen and oxygen atoms in total. The number of carbonyl (C=O) groups is 6. The number of hydrogen-bond donors (Lipinski definition) is 0. The second-order valence-electron chi connectivity index (χ2n) is 33.3. The highest BCUT2D eigenvalue weighted by Gasteiger charge is 2.26. The van der Waals surface area contributed by atoms with Crippen molar-refractivity contribution in [3.63, 3.8) is 0 Å². The van der Waals surface area contributed by atoms with Gasteiger partial charge in [-0.05, 0) is 298 Å². The zero-order chi connectivity index (χ0) is 99.5.